The molecule has 208 valence electrons. The van der Waals surface area contributed by atoms with Crippen LogP contribution in [0.2, 0.25) is 5.02 Å². The van der Waals surface area contributed by atoms with Crippen molar-refractivity contribution in [1.82, 2.24) is 4.90 Å². The number of benzene rings is 2. The number of fused-ring (bicyclic) bond motifs is 2. The number of carbonyl (C=O) groups excluding carboxylic acids is 3. The van der Waals surface area contributed by atoms with E-state index in [9.17, 15) is 19.5 Å². The maximum Gasteiger partial charge on any atom is 0.311 e. The molecule has 2 aromatic carbocycles. The van der Waals surface area contributed by atoms with Gasteiger partial charge >= 0.3 is 5.97 Å². The Balaban J connectivity index is 1.50. The van der Waals surface area contributed by atoms with Gasteiger partial charge in [0.25, 0.3) is 5.91 Å². The minimum atomic E-state index is -1.01. The molecule has 1 unspecified atom stereocenters. The molecular formula is C31H31ClN2O5S. The molecular weight excluding hydrogens is 548 g/mol. The topological polar surface area (TPSA) is 87.2 Å². The van der Waals surface area contributed by atoms with E-state index in [1.807, 2.05) is 48.6 Å². The molecule has 0 aromatic heterocycles. The molecule has 1 spiro atoms. The van der Waals surface area contributed by atoms with Crippen LogP contribution in [0.5, 0.6) is 0 Å². The summed E-state index contributed by atoms with van der Waals surface area (Å²) in [5.74, 6) is -2.53. The van der Waals surface area contributed by atoms with Gasteiger partial charge in [-0.1, -0.05) is 66.2 Å². The van der Waals surface area contributed by atoms with Gasteiger partial charge in [0, 0.05) is 22.5 Å². The molecule has 2 saturated heterocycles. The molecule has 6 atom stereocenters. The smallest absolute Gasteiger partial charge is 0.311 e. The van der Waals surface area contributed by atoms with Gasteiger partial charge in [0.1, 0.15) is 6.04 Å². The molecule has 40 heavy (non-hydrogen) atoms. The van der Waals surface area contributed by atoms with Crippen molar-refractivity contribution in [2.75, 3.05) is 24.7 Å². The van der Waals surface area contributed by atoms with Gasteiger partial charge in [-0.25, -0.2) is 0 Å². The number of aliphatic hydroxyl groups is 1. The summed E-state index contributed by atoms with van der Waals surface area (Å²) in [6.07, 6.45) is 10.5. The number of likely N-dealkylation sites (tertiary alicyclic amines) is 1. The number of cyclic esters (lactones) is 1. The van der Waals surface area contributed by atoms with Gasteiger partial charge in [-0.2, -0.15) is 0 Å². The molecule has 0 radical (unpaired) electrons. The highest BCUT2D eigenvalue weighted by atomic mass is 35.5. The number of amides is 2. The van der Waals surface area contributed by atoms with Crippen LogP contribution in [0.4, 0.5) is 5.69 Å². The number of rotatable bonds is 4. The van der Waals surface area contributed by atoms with E-state index in [-0.39, 0.29) is 23.7 Å². The van der Waals surface area contributed by atoms with Crippen LogP contribution in [0.1, 0.15) is 30.9 Å². The molecule has 0 saturated carbocycles. The van der Waals surface area contributed by atoms with Crippen LogP contribution in [0.25, 0.3) is 0 Å². The number of halogens is 1. The van der Waals surface area contributed by atoms with Crippen molar-refractivity contribution in [2.24, 2.45) is 11.8 Å². The number of anilines is 1. The van der Waals surface area contributed by atoms with E-state index in [1.54, 1.807) is 34.1 Å². The molecule has 6 rings (SSSR count). The number of allylic oxidation sites excluding steroid dienone is 1. The highest BCUT2D eigenvalue weighted by Crippen LogP contribution is 2.62. The Hall–Kier alpha value is -3.07. The molecule has 9 heteroatoms. The predicted octanol–water partition coefficient (Wildman–Crippen LogP) is 4.56. The van der Waals surface area contributed by atoms with Crippen molar-refractivity contribution in [3.63, 3.8) is 0 Å². The van der Waals surface area contributed by atoms with E-state index in [2.05, 4.69) is 6.08 Å². The van der Waals surface area contributed by atoms with Gasteiger partial charge in [0.05, 0.1) is 35.8 Å². The van der Waals surface area contributed by atoms with Crippen LogP contribution in [0.3, 0.4) is 0 Å². The fraction of sp³-hybridized carbons (Fsp3) is 0.387. The van der Waals surface area contributed by atoms with E-state index in [0.29, 0.717) is 23.9 Å². The van der Waals surface area contributed by atoms with Gasteiger partial charge in [0.2, 0.25) is 5.91 Å². The lowest BCUT2D eigenvalue weighted by Gasteiger charge is -2.38. The first-order valence-electron chi connectivity index (χ1n) is 13.7. The number of ether oxygens (including phenoxy) is 1. The monoisotopic (exact) mass is 578 g/mol. The van der Waals surface area contributed by atoms with Crippen molar-refractivity contribution in [2.45, 2.75) is 41.3 Å². The fourth-order valence-corrected chi connectivity index (χ4v) is 8.69. The Labute approximate surface area is 242 Å². The average molecular weight is 579 g/mol. The fourth-order valence-electron chi connectivity index (χ4n) is 6.57. The maximum absolute atomic E-state index is 14.6. The third-order valence-electron chi connectivity index (χ3n) is 8.37. The normalized spacial score (nSPS) is 31.6. The summed E-state index contributed by atoms with van der Waals surface area (Å²) in [5.41, 5.74) is 1.39. The van der Waals surface area contributed by atoms with E-state index in [4.69, 9.17) is 16.3 Å². The number of nitrogens with zero attached hydrogens (tertiary/aromatic N) is 2. The highest BCUT2D eigenvalue weighted by molar-refractivity contribution is 8.02. The lowest BCUT2D eigenvalue weighted by Crippen LogP contribution is -2.54. The Bertz CT molecular complexity index is 1350. The second-order valence-corrected chi connectivity index (χ2v) is 12.5. The van der Waals surface area contributed by atoms with Gasteiger partial charge in [0.15, 0.2) is 0 Å². The standard InChI is InChI=1S/C31H31ClN2O5S/c32-21-12-14-22(15-13-21)33-17-8-16-31-26(25-24(40-31)11-6-1-2-7-18-39-30(25)38)28(36)34(27(31)29(33)37)23(19-35)20-9-4-3-5-10-20/h3-6,8-16,23-27,35H,1-2,7,17-19H2/b11-6-/t23-,24-,25+,26+,27?,31+/m1/s1. The number of thioether (sulfide) groups is 1. The van der Waals surface area contributed by atoms with E-state index >= 15 is 0 Å². The summed E-state index contributed by atoms with van der Waals surface area (Å²) in [4.78, 5) is 45.9. The molecule has 2 amide bonds. The van der Waals surface area contributed by atoms with Crippen LogP contribution in [0, 0.1) is 11.8 Å². The van der Waals surface area contributed by atoms with Crippen molar-refractivity contribution >= 4 is 46.8 Å². The van der Waals surface area contributed by atoms with E-state index in [0.717, 1.165) is 24.8 Å². The van der Waals surface area contributed by atoms with Crippen molar-refractivity contribution < 1.29 is 24.2 Å². The summed E-state index contributed by atoms with van der Waals surface area (Å²) in [6, 6.07) is 14.6. The van der Waals surface area contributed by atoms with Crippen molar-refractivity contribution in [1.29, 1.82) is 0 Å². The minimum Gasteiger partial charge on any atom is -0.465 e. The maximum atomic E-state index is 14.6. The zero-order chi connectivity index (χ0) is 27.9. The van der Waals surface area contributed by atoms with Crippen LogP contribution >= 0.6 is 23.4 Å². The minimum absolute atomic E-state index is 0.258. The second kappa shape index (κ2) is 11.1. The SMILES string of the molecule is O=C1OCCCC/C=C\[C@H]2S[C@]34C=CCN(c5ccc(Cl)cc5)C(=O)C3N([C@H](CO)c3ccccc3)C(=O)[C@@H]4[C@@H]12. The molecule has 4 aliphatic rings. The zero-order valence-corrected chi connectivity index (χ0v) is 23.5. The van der Waals surface area contributed by atoms with Crippen molar-refractivity contribution in [3.8, 4) is 0 Å². The summed E-state index contributed by atoms with van der Waals surface area (Å²) >= 11 is 7.63. The number of esters is 1. The predicted molar refractivity (Wildman–Crippen MR) is 155 cm³/mol. The first-order chi connectivity index (χ1) is 19.5. The number of hydrogen-bond acceptors (Lipinski definition) is 6. The number of carbonyl (C=O) groups is 3. The quantitative estimate of drug-likeness (QED) is 0.423. The van der Waals surface area contributed by atoms with E-state index < -0.39 is 34.6 Å². The van der Waals surface area contributed by atoms with Gasteiger partial charge in [-0.15, -0.1) is 11.8 Å². The third kappa shape index (κ3) is 4.46. The molecule has 4 heterocycles. The van der Waals surface area contributed by atoms with Gasteiger partial charge in [-0.3, -0.25) is 14.4 Å². The number of aliphatic hydroxyl groups excluding tert-OH is 1. The van der Waals surface area contributed by atoms with Crippen LogP contribution in [-0.2, 0) is 19.1 Å². The van der Waals surface area contributed by atoms with Gasteiger partial charge < -0.3 is 19.6 Å². The Morgan fingerprint density at radius 3 is 2.55 bits per heavy atom. The third-order valence-corrected chi connectivity index (χ3v) is 10.4. The Morgan fingerprint density at radius 2 is 1.80 bits per heavy atom. The lowest BCUT2D eigenvalue weighted by molar-refractivity contribution is -0.153. The molecule has 7 nitrogen and oxygen atoms in total. The zero-order valence-electron chi connectivity index (χ0n) is 21.9. The molecule has 0 bridgehead atoms. The van der Waals surface area contributed by atoms with Crippen LogP contribution < -0.4 is 4.90 Å². The summed E-state index contributed by atoms with van der Waals surface area (Å²) in [5, 5.41) is 10.9. The van der Waals surface area contributed by atoms with Crippen LogP contribution in [0.15, 0.2) is 78.9 Å². The average Bonchev–Trinajstić information content (AvgIpc) is 3.35. The Kier molecular flexibility index (Phi) is 7.50. The molecule has 1 N–H and O–H groups in total. The molecule has 4 aliphatic heterocycles. The van der Waals surface area contributed by atoms with Crippen LogP contribution in [-0.4, -0.2) is 63.6 Å². The largest absolute Gasteiger partial charge is 0.465 e. The van der Waals surface area contributed by atoms with Crippen molar-refractivity contribution in [3.05, 3.63) is 89.5 Å². The first kappa shape index (κ1) is 27.1. The lowest BCUT2D eigenvalue weighted by atomic mass is 9.78. The van der Waals surface area contributed by atoms with E-state index in [1.165, 1.54) is 11.8 Å². The first-order valence-corrected chi connectivity index (χ1v) is 15.0. The highest BCUT2D eigenvalue weighted by Gasteiger charge is 2.71. The van der Waals surface area contributed by atoms with Gasteiger partial charge in [-0.05, 0) is 49.1 Å². The summed E-state index contributed by atoms with van der Waals surface area (Å²) in [6.45, 7) is 0.249. The molecule has 0 aliphatic carbocycles. The molecule has 2 fully saturated rings. The second-order valence-electron chi connectivity index (χ2n) is 10.6. The summed E-state index contributed by atoms with van der Waals surface area (Å²) < 4.78 is 4.68. The molecule has 2 aromatic rings. The number of hydrogen-bond donors (Lipinski definition) is 1. The Morgan fingerprint density at radius 1 is 1.02 bits per heavy atom. The summed E-state index contributed by atoms with van der Waals surface area (Å²) in [7, 11) is 0.